The molecular formula is C20H18N2O2S. The second kappa shape index (κ2) is 6.91. The lowest BCUT2D eigenvalue weighted by Gasteiger charge is -2.13. The first-order valence-electron chi connectivity index (χ1n) is 7.86. The molecule has 3 rings (SSSR count). The Bertz CT molecular complexity index is 983. The lowest BCUT2D eigenvalue weighted by Crippen LogP contribution is -2.34. The predicted molar refractivity (Wildman–Crippen MR) is 105 cm³/mol. The predicted octanol–water partition coefficient (Wildman–Crippen LogP) is 4.29. The SMILES string of the molecule is Cc1ccc(C(=O)NC(=S)Nc2cccc3c(O)cccc23)cc1C. The minimum absolute atomic E-state index is 0.200. The van der Waals surface area contributed by atoms with Gasteiger partial charge in [-0.1, -0.05) is 30.3 Å². The summed E-state index contributed by atoms with van der Waals surface area (Å²) in [6.07, 6.45) is 0. The Kier molecular flexibility index (Phi) is 4.67. The number of benzene rings is 3. The Hall–Kier alpha value is -2.92. The van der Waals surface area contributed by atoms with Crippen LogP contribution in [0.5, 0.6) is 5.75 Å². The van der Waals surface area contributed by atoms with Crippen LogP contribution >= 0.6 is 12.2 Å². The third-order valence-electron chi connectivity index (χ3n) is 4.14. The molecule has 5 heteroatoms. The average Bonchev–Trinajstić information content (AvgIpc) is 2.58. The minimum atomic E-state index is -0.260. The van der Waals surface area contributed by atoms with E-state index in [1.165, 1.54) is 0 Å². The molecule has 0 aliphatic rings. The van der Waals surface area contributed by atoms with E-state index >= 15 is 0 Å². The number of carbonyl (C=O) groups excluding carboxylic acids is 1. The maximum Gasteiger partial charge on any atom is 0.257 e. The summed E-state index contributed by atoms with van der Waals surface area (Å²) in [4.78, 5) is 12.3. The average molecular weight is 350 g/mol. The zero-order chi connectivity index (χ0) is 18.0. The van der Waals surface area contributed by atoms with Crippen LogP contribution in [0.4, 0.5) is 5.69 Å². The smallest absolute Gasteiger partial charge is 0.257 e. The van der Waals surface area contributed by atoms with Crippen LogP contribution in [0.15, 0.2) is 54.6 Å². The number of amides is 1. The number of aryl methyl sites for hydroxylation is 2. The molecule has 0 heterocycles. The van der Waals surface area contributed by atoms with E-state index in [2.05, 4.69) is 10.6 Å². The highest BCUT2D eigenvalue weighted by atomic mass is 32.1. The number of anilines is 1. The highest BCUT2D eigenvalue weighted by Gasteiger charge is 2.10. The van der Waals surface area contributed by atoms with Crippen molar-refractivity contribution < 1.29 is 9.90 Å². The molecule has 0 bridgehead atoms. The van der Waals surface area contributed by atoms with Crippen molar-refractivity contribution in [2.45, 2.75) is 13.8 Å². The number of phenols is 1. The highest BCUT2D eigenvalue weighted by molar-refractivity contribution is 7.80. The number of phenolic OH excluding ortho intramolecular Hbond substituents is 1. The summed E-state index contributed by atoms with van der Waals surface area (Å²) in [7, 11) is 0. The zero-order valence-electron chi connectivity index (χ0n) is 14.0. The molecule has 3 aromatic carbocycles. The van der Waals surface area contributed by atoms with Gasteiger partial charge in [-0.2, -0.15) is 0 Å². The summed E-state index contributed by atoms with van der Waals surface area (Å²) in [6.45, 7) is 3.96. The number of nitrogens with one attached hydrogen (secondary N) is 2. The van der Waals surface area contributed by atoms with Crippen LogP contribution in [0.25, 0.3) is 10.8 Å². The van der Waals surface area contributed by atoms with Gasteiger partial charge in [-0.3, -0.25) is 10.1 Å². The molecule has 1 amide bonds. The number of hydrogen-bond acceptors (Lipinski definition) is 3. The minimum Gasteiger partial charge on any atom is -0.507 e. The van der Waals surface area contributed by atoms with Gasteiger partial charge in [0.25, 0.3) is 5.91 Å². The van der Waals surface area contributed by atoms with E-state index in [4.69, 9.17) is 12.2 Å². The first-order chi connectivity index (χ1) is 12.0. The number of hydrogen-bond donors (Lipinski definition) is 3. The van der Waals surface area contributed by atoms with Gasteiger partial charge in [0.15, 0.2) is 5.11 Å². The van der Waals surface area contributed by atoms with Gasteiger partial charge < -0.3 is 10.4 Å². The Labute approximate surface area is 151 Å². The van der Waals surface area contributed by atoms with Crippen molar-refractivity contribution in [1.29, 1.82) is 0 Å². The molecule has 0 aliphatic heterocycles. The summed E-state index contributed by atoms with van der Waals surface area (Å²) >= 11 is 5.26. The molecule has 25 heavy (non-hydrogen) atoms. The molecule has 0 unspecified atom stereocenters. The topological polar surface area (TPSA) is 61.4 Å². The van der Waals surface area contributed by atoms with E-state index in [0.29, 0.717) is 5.56 Å². The first kappa shape index (κ1) is 16.9. The second-order valence-corrected chi connectivity index (χ2v) is 6.29. The van der Waals surface area contributed by atoms with E-state index in [0.717, 1.165) is 27.6 Å². The molecule has 0 saturated heterocycles. The molecule has 3 N–H and O–H groups in total. The van der Waals surface area contributed by atoms with Gasteiger partial charge in [0.2, 0.25) is 0 Å². The van der Waals surface area contributed by atoms with Crippen LogP contribution in [0.2, 0.25) is 0 Å². The monoisotopic (exact) mass is 350 g/mol. The molecule has 126 valence electrons. The van der Waals surface area contributed by atoms with E-state index in [1.807, 2.05) is 50.2 Å². The van der Waals surface area contributed by atoms with Crippen LogP contribution in [-0.4, -0.2) is 16.1 Å². The third kappa shape index (κ3) is 3.61. The van der Waals surface area contributed by atoms with Gasteiger partial charge in [0, 0.05) is 22.0 Å². The van der Waals surface area contributed by atoms with E-state index < -0.39 is 0 Å². The van der Waals surface area contributed by atoms with Crippen LogP contribution < -0.4 is 10.6 Å². The molecule has 0 spiro atoms. The summed E-state index contributed by atoms with van der Waals surface area (Å²) in [5.41, 5.74) is 3.46. The van der Waals surface area contributed by atoms with E-state index in [1.54, 1.807) is 18.2 Å². The number of thiocarbonyl (C=S) groups is 1. The molecule has 4 nitrogen and oxygen atoms in total. The third-order valence-corrected chi connectivity index (χ3v) is 4.35. The Morgan fingerprint density at radius 3 is 2.44 bits per heavy atom. The van der Waals surface area contributed by atoms with Crippen molar-refractivity contribution in [1.82, 2.24) is 5.32 Å². The normalized spacial score (nSPS) is 10.5. The molecule has 0 saturated carbocycles. The second-order valence-electron chi connectivity index (χ2n) is 5.89. The fraction of sp³-hybridized carbons (Fsp3) is 0.100. The molecule has 0 atom stereocenters. The van der Waals surface area contributed by atoms with Gasteiger partial charge >= 0.3 is 0 Å². The summed E-state index contributed by atoms with van der Waals surface area (Å²) < 4.78 is 0. The molecule has 0 aliphatic carbocycles. The van der Waals surface area contributed by atoms with Crippen LogP contribution in [0.1, 0.15) is 21.5 Å². The lowest BCUT2D eigenvalue weighted by atomic mass is 10.1. The van der Waals surface area contributed by atoms with Crippen LogP contribution in [-0.2, 0) is 0 Å². The Balaban J connectivity index is 1.78. The Morgan fingerprint density at radius 1 is 0.960 bits per heavy atom. The summed E-state index contributed by atoms with van der Waals surface area (Å²) in [5.74, 6) is -0.0603. The Morgan fingerprint density at radius 2 is 1.68 bits per heavy atom. The number of rotatable bonds is 2. The quantitative estimate of drug-likeness (QED) is 0.604. The van der Waals surface area contributed by atoms with E-state index in [-0.39, 0.29) is 16.8 Å². The van der Waals surface area contributed by atoms with Crippen molar-refractivity contribution in [2.24, 2.45) is 0 Å². The van der Waals surface area contributed by atoms with Crippen LogP contribution in [0.3, 0.4) is 0 Å². The zero-order valence-corrected chi connectivity index (χ0v) is 14.8. The fourth-order valence-electron chi connectivity index (χ4n) is 2.61. The van der Waals surface area contributed by atoms with Crippen molar-refractivity contribution in [3.05, 3.63) is 71.3 Å². The summed E-state index contributed by atoms with van der Waals surface area (Å²) in [6, 6.07) is 16.3. The number of aromatic hydroxyl groups is 1. The molecule has 0 fully saturated rings. The van der Waals surface area contributed by atoms with Crippen molar-refractivity contribution in [2.75, 3.05) is 5.32 Å². The fourth-order valence-corrected chi connectivity index (χ4v) is 2.82. The largest absolute Gasteiger partial charge is 0.507 e. The van der Waals surface area contributed by atoms with Crippen LogP contribution in [0, 0.1) is 13.8 Å². The highest BCUT2D eigenvalue weighted by Crippen LogP contribution is 2.29. The van der Waals surface area contributed by atoms with Gasteiger partial charge in [0.1, 0.15) is 5.75 Å². The summed E-state index contributed by atoms with van der Waals surface area (Å²) in [5, 5.41) is 17.4. The van der Waals surface area contributed by atoms with Crippen molar-refractivity contribution >= 4 is 39.7 Å². The number of fused-ring (bicyclic) bond motifs is 1. The maximum atomic E-state index is 12.3. The molecule has 0 aromatic heterocycles. The van der Waals surface area contributed by atoms with Gasteiger partial charge in [-0.05, 0) is 61.5 Å². The van der Waals surface area contributed by atoms with Gasteiger partial charge in [-0.15, -0.1) is 0 Å². The van der Waals surface area contributed by atoms with Crippen molar-refractivity contribution in [3.8, 4) is 5.75 Å². The lowest BCUT2D eigenvalue weighted by molar-refractivity contribution is 0.0977. The standard InChI is InChI=1S/C20H18N2O2S/c1-12-9-10-14(11-13(12)2)19(24)22-20(25)21-17-7-3-6-16-15(17)5-4-8-18(16)23/h3-11,23H,1-2H3,(H2,21,22,24,25). The molecular weight excluding hydrogens is 332 g/mol. The molecule has 3 aromatic rings. The van der Waals surface area contributed by atoms with Gasteiger partial charge in [-0.25, -0.2) is 0 Å². The maximum absolute atomic E-state index is 12.3. The van der Waals surface area contributed by atoms with Gasteiger partial charge in [0.05, 0.1) is 0 Å². The number of carbonyl (C=O) groups is 1. The van der Waals surface area contributed by atoms with E-state index in [9.17, 15) is 9.90 Å². The first-order valence-corrected chi connectivity index (χ1v) is 8.27. The van der Waals surface area contributed by atoms with Crippen molar-refractivity contribution in [3.63, 3.8) is 0 Å². The molecule has 0 radical (unpaired) electrons.